The average molecular weight is 293 g/mol. The van der Waals surface area contributed by atoms with Gasteiger partial charge in [-0.15, -0.1) is 0 Å². The lowest BCUT2D eigenvalue weighted by Gasteiger charge is -2.37. The largest absolute Gasteiger partial charge is 0.490 e. The molecule has 0 spiro atoms. The summed E-state index contributed by atoms with van der Waals surface area (Å²) in [6.07, 6.45) is 4.78. The molecule has 1 fully saturated rings. The Morgan fingerprint density at radius 3 is 2.55 bits per heavy atom. The molecule has 0 saturated heterocycles. The molecule has 0 aliphatic heterocycles. The summed E-state index contributed by atoms with van der Waals surface area (Å²) in [4.78, 5) is 11.3. The number of thioether (sulfide) groups is 1. The molecule has 0 heterocycles. The normalized spacial score (nSPS) is 21.6. The fourth-order valence-electron chi connectivity index (χ4n) is 2.39. The Morgan fingerprint density at radius 1 is 1.35 bits per heavy atom. The van der Waals surface area contributed by atoms with Gasteiger partial charge in [-0.3, -0.25) is 4.79 Å². The summed E-state index contributed by atoms with van der Waals surface area (Å²) < 4.78 is 5.92. The van der Waals surface area contributed by atoms with Gasteiger partial charge in [0.2, 0.25) is 0 Å². The molecule has 0 bridgehead atoms. The van der Waals surface area contributed by atoms with Gasteiger partial charge in [-0.05, 0) is 36.8 Å². The van der Waals surface area contributed by atoms with E-state index in [1.54, 1.807) is 0 Å². The summed E-state index contributed by atoms with van der Waals surface area (Å²) >= 11 is 1.28. The van der Waals surface area contributed by atoms with Crippen LogP contribution in [0.5, 0.6) is 5.75 Å². The molecule has 1 aliphatic carbocycles. The van der Waals surface area contributed by atoms with Crippen LogP contribution >= 0.6 is 11.8 Å². The highest BCUT2D eigenvalue weighted by molar-refractivity contribution is 8.13. The van der Waals surface area contributed by atoms with E-state index in [0.29, 0.717) is 24.6 Å². The van der Waals surface area contributed by atoms with Gasteiger partial charge in [0, 0.05) is 18.5 Å². The van der Waals surface area contributed by atoms with Crippen molar-refractivity contribution in [2.45, 2.75) is 51.3 Å². The number of benzene rings is 1. The smallest absolute Gasteiger partial charge is 0.193 e. The van der Waals surface area contributed by atoms with Gasteiger partial charge >= 0.3 is 0 Å². The van der Waals surface area contributed by atoms with Crippen LogP contribution in [-0.2, 0) is 11.2 Å². The minimum Gasteiger partial charge on any atom is -0.490 e. The van der Waals surface area contributed by atoms with Crippen molar-refractivity contribution in [3.05, 3.63) is 29.8 Å². The van der Waals surface area contributed by atoms with E-state index in [1.807, 2.05) is 30.5 Å². The summed E-state index contributed by atoms with van der Waals surface area (Å²) in [6, 6.07) is 9.02. The van der Waals surface area contributed by atoms with Crippen molar-refractivity contribution in [2.24, 2.45) is 0 Å². The van der Waals surface area contributed by atoms with Crippen molar-refractivity contribution >= 4 is 16.9 Å². The number of nitrogens with one attached hydrogen (secondary N) is 1. The van der Waals surface area contributed by atoms with Crippen LogP contribution in [0, 0.1) is 0 Å². The predicted molar refractivity (Wildman–Crippen MR) is 84.4 cm³/mol. The molecule has 110 valence electrons. The van der Waals surface area contributed by atoms with Crippen molar-refractivity contribution in [3.8, 4) is 5.75 Å². The standard InChI is InChI=1S/C16H23NO2S/c1-11(2)17-13-9-15(10-13)19-14-6-4-12(5-7-14)8-16(18)20-3/h4-7,11,13,15,17H,8-10H2,1-3H3. The Labute approximate surface area is 125 Å². The minimum atomic E-state index is 0.195. The average Bonchev–Trinajstić information content (AvgIpc) is 2.37. The van der Waals surface area contributed by atoms with Crippen LogP contribution in [0.4, 0.5) is 0 Å². The second-order valence-corrected chi connectivity index (χ2v) is 6.49. The second kappa shape index (κ2) is 7.14. The molecule has 1 saturated carbocycles. The van der Waals surface area contributed by atoms with Crippen LogP contribution in [0.3, 0.4) is 0 Å². The van der Waals surface area contributed by atoms with E-state index >= 15 is 0 Å². The first-order valence-electron chi connectivity index (χ1n) is 7.15. The summed E-state index contributed by atoms with van der Waals surface area (Å²) in [6.45, 7) is 4.34. The Hall–Kier alpha value is -1.00. The Morgan fingerprint density at radius 2 is 2.00 bits per heavy atom. The van der Waals surface area contributed by atoms with E-state index in [2.05, 4.69) is 19.2 Å². The molecule has 4 heteroatoms. The third kappa shape index (κ3) is 4.53. The van der Waals surface area contributed by atoms with Gasteiger partial charge in [-0.1, -0.05) is 37.7 Å². The van der Waals surface area contributed by atoms with E-state index in [4.69, 9.17) is 4.74 Å². The summed E-state index contributed by atoms with van der Waals surface area (Å²) in [5.41, 5.74) is 1.05. The van der Waals surface area contributed by atoms with Crippen molar-refractivity contribution in [2.75, 3.05) is 6.26 Å². The van der Waals surface area contributed by atoms with E-state index < -0.39 is 0 Å². The number of hydrogen-bond donors (Lipinski definition) is 1. The first kappa shape index (κ1) is 15.4. The fourth-order valence-corrected chi connectivity index (χ4v) is 2.70. The lowest BCUT2D eigenvalue weighted by atomic mass is 9.88. The highest BCUT2D eigenvalue weighted by Gasteiger charge is 2.30. The molecule has 3 nitrogen and oxygen atoms in total. The van der Waals surface area contributed by atoms with Crippen molar-refractivity contribution in [1.82, 2.24) is 5.32 Å². The predicted octanol–water partition coefficient (Wildman–Crippen LogP) is 3.03. The Balaban J connectivity index is 1.76. The monoisotopic (exact) mass is 293 g/mol. The Kier molecular flexibility index (Phi) is 5.49. The number of rotatable bonds is 6. The highest BCUT2D eigenvalue weighted by Crippen LogP contribution is 2.26. The van der Waals surface area contributed by atoms with Crippen LogP contribution in [0.2, 0.25) is 0 Å². The van der Waals surface area contributed by atoms with Gasteiger partial charge in [0.1, 0.15) is 11.9 Å². The fraction of sp³-hybridized carbons (Fsp3) is 0.562. The zero-order valence-corrected chi connectivity index (χ0v) is 13.2. The molecule has 0 atom stereocenters. The maximum Gasteiger partial charge on any atom is 0.193 e. The van der Waals surface area contributed by atoms with Crippen LogP contribution in [0.25, 0.3) is 0 Å². The minimum absolute atomic E-state index is 0.195. The first-order valence-corrected chi connectivity index (χ1v) is 8.37. The molecule has 0 unspecified atom stereocenters. The van der Waals surface area contributed by atoms with Gasteiger partial charge in [-0.2, -0.15) is 0 Å². The molecule has 0 radical (unpaired) electrons. The van der Waals surface area contributed by atoms with Crippen LogP contribution in [0.15, 0.2) is 24.3 Å². The van der Waals surface area contributed by atoms with Gasteiger partial charge < -0.3 is 10.1 Å². The molecule has 0 amide bonds. The maximum absolute atomic E-state index is 11.3. The molecule has 2 rings (SSSR count). The zero-order valence-electron chi connectivity index (χ0n) is 12.4. The lowest BCUT2D eigenvalue weighted by molar-refractivity contribution is -0.110. The number of carbonyl (C=O) groups excluding carboxylic acids is 1. The lowest BCUT2D eigenvalue weighted by Crippen LogP contribution is -2.49. The number of carbonyl (C=O) groups is 1. The highest BCUT2D eigenvalue weighted by atomic mass is 32.2. The van der Waals surface area contributed by atoms with E-state index in [-0.39, 0.29) is 5.12 Å². The number of ether oxygens (including phenoxy) is 1. The molecule has 1 aromatic carbocycles. The SMILES string of the molecule is CSC(=O)Cc1ccc(OC2CC(NC(C)C)C2)cc1. The Bertz CT molecular complexity index is 438. The maximum atomic E-state index is 11.3. The van der Waals surface area contributed by atoms with E-state index in [9.17, 15) is 4.79 Å². The molecule has 0 aromatic heterocycles. The zero-order chi connectivity index (χ0) is 14.5. The van der Waals surface area contributed by atoms with Crippen LogP contribution in [-0.4, -0.2) is 29.6 Å². The summed E-state index contributed by atoms with van der Waals surface area (Å²) in [7, 11) is 0. The molecular formula is C16H23NO2S. The number of hydrogen-bond acceptors (Lipinski definition) is 4. The van der Waals surface area contributed by atoms with Gasteiger partial charge in [-0.25, -0.2) is 0 Å². The van der Waals surface area contributed by atoms with Crippen molar-refractivity contribution < 1.29 is 9.53 Å². The van der Waals surface area contributed by atoms with Gasteiger partial charge in [0.05, 0.1) is 0 Å². The van der Waals surface area contributed by atoms with Crippen molar-refractivity contribution in [3.63, 3.8) is 0 Å². The summed E-state index contributed by atoms with van der Waals surface area (Å²) in [5, 5.41) is 3.71. The molecule has 1 aromatic rings. The first-order chi connectivity index (χ1) is 9.56. The molecular weight excluding hydrogens is 270 g/mol. The third-order valence-corrected chi connectivity index (χ3v) is 4.07. The van der Waals surface area contributed by atoms with E-state index in [0.717, 1.165) is 24.2 Å². The topological polar surface area (TPSA) is 38.3 Å². The van der Waals surface area contributed by atoms with Gasteiger partial charge in [0.25, 0.3) is 0 Å². The van der Waals surface area contributed by atoms with Crippen LogP contribution < -0.4 is 10.1 Å². The molecule has 1 aliphatic rings. The summed E-state index contributed by atoms with van der Waals surface area (Å²) in [5.74, 6) is 0.901. The second-order valence-electron chi connectivity index (χ2n) is 5.63. The van der Waals surface area contributed by atoms with Crippen LogP contribution in [0.1, 0.15) is 32.3 Å². The van der Waals surface area contributed by atoms with E-state index in [1.165, 1.54) is 11.8 Å². The molecule has 20 heavy (non-hydrogen) atoms. The quantitative estimate of drug-likeness (QED) is 0.875. The van der Waals surface area contributed by atoms with Crippen molar-refractivity contribution in [1.29, 1.82) is 0 Å². The van der Waals surface area contributed by atoms with Gasteiger partial charge in [0.15, 0.2) is 5.12 Å². The molecule has 1 N–H and O–H groups in total. The third-order valence-electron chi connectivity index (χ3n) is 3.47.